The molecular formula is C16H16BrClFN. The molecule has 0 aliphatic heterocycles. The average Bonchev–Trinajstić information content (AvgIpc) is 2.41. The highest BCUT2D eigenvalue weighted by Crippen LogP contribution is 2.25. The standard InChI is InChI=1S/C16H16BrClFN/c1-10-7-12(4-6-14(10)17)16(20-2)8-11-3-5-13(18)9-15(11)19/h3-7,9,16,20H,8H2,1-2H3. The second-order valence-electron chi connectivity index (χ2n) is 4.79. The van der Waals surface area contributed by atoms with E-state index in [0.717, 1.165) is 10.0 Å². The van der Waals surface area contributed by atoms with Crippen LogP contribution in [0.4, 0.5) is 4.39 Å². The fourth-order valence-corrected chi connectivity index (χ4v) is 2.58. The Balaban J connectivity index is 2.26. The smallest absolute Gasteiger partial charge is 0.127 e. The van der Waals surface area contributed by atoms with Crippen molar-refractivity contribution in [3.8, 4) is 0 Å². The predicted molar refractivity (Wildman–Crippen MR) is 85.8 cm³/mol. The zero-order valence-corrected chi connectivity index (χ0v) is 13.7. The summed E-state index contributed by atoms with van der Waals surface area (Å²) in [5.41, 5.74) is 2.97. The molecule has 0 saturated carbocycles. The molecule has 0 saturated heterocycles. The largest absolute Gasteiger partial charge is 0.313 e. The average molecular weight is 357 g/mol. The van der Waals surface area contributed by atoms with Gasteiger partial charge in [0.25, 0.3) is 0 Å². The van der Waals surface area contributed by atoms with Crippen LogP contribution in [0.15, 0.2) is 40.9 Å². The third kappa shape index (κ3) is 3.60. The highest BCUT2D eigenvalue weighted by atomic mass is 79.9. The summed E-state index contributed by atoms with van der Waals surface area (Å²) in [5, 5.41) is 3.66. The first kappa shape index (κ1) is 15.5. The molecule has 2 aromatic rings. The SMILES string of the molecule is CNC(Cc1ccc(Cl)cc1F)c1ccc(Br)c(C)c1. The second-order valence-corrected chi connectivity index (χ2v) is 6.08. The van der Waals surface area contributed by atoms with Gasteiger partial charge in [-0.1, -0.05) is 45.7 Å². The lowest BCUT2D eigenvalue weighted by atomic mass is 9.97. The summed E-state index contributed by atoms with van der Waals surface area (Å²) in [4.78, 5) is 0. The van der Waals surface area contributed by atoms with E-state index in [1.54, 1.807) is 12.1 Å². The van der Waals surface area contributed by atoms with E-state index < -0.39 is 0 Å². The Labute approximate surface area is 132 Å². The summed E-state index contributed by atoms with van der Waals surface area (Å²) in [6.07, 6.45) is 0.584. The molecule has 0 aliphatic carbocycles. The number of hydrogen-bond donors (Lipinski definition) is 1. The molecule has 0 heterocycles. The summed E-state index contributed by atoms with van der Waals surface area (Å²) in [6.45, 7) is 2.04. The van der Waals surface area contributed by atoms with Crippen LogP contribution in [-0.4, -0.2) is 7.05 Å². The Morgan fingerprint density at radius 1 is 1.25 bits per heavy atom. The minimum Gasteiger partial charge on any atom is -0.313 e. The number of rotatable bonds is 4. The maximum Gasteiger partial charge on any atom is 0.127 e. The van der Waals surface area contributed by atoms with Crippen LogP contribution < -0.4 is 5.32 Å². The predicted octanol–water partition coefficient (Wildman–Crippen LogP) is 5.05. The molecule has 106 valence electrons. The molecule has 0 radical (unpaired) electrons. The van der Waals surface area contributed by atoms with Crippen molar-refractivity contribution in [2.75, 3.05) is 7.05 Å². The lowest BCUT2D eigenvalue weighted by molar-refractivity contribution is 0.554. The number of aryl methyl sites for hydroxylation is 1. The van der Waals surface area contributed by atoms with Gasteiger partial charge < -0.3 is 5.32 Å². The zero-order valence-electron chi connectivity index (χ0n) is 11.4. The summed E-state index contributed by atoms with van der Waals surface area (Å²) in [7, 11) is 1.88. The van der Waals surface area contributed by atoms with Gasteiger partial charge in [-0.15, -0.1) is 0 Å². The first-order chi connectivity index (χ1) is 9.51. The van der Waals surface area contributed by atoms with E-state index in [-0.39, 0.29) is 11.9 Å². The molecule has 0 bridgehead atoms. The number of hydrogen-bond acceptors (Lipinski definition) is 1. The Hall–Kier alpha value is -0.900. The molecule has 0 aromatic heterocycles. The lowest BCUT2D eigenvalue weighted by Crippen LogP contribution is -2.19. The van der Waals surface area contributed by atoms with Gasteiger partial charge >= 0.3 is 0 Å². The van der Waals surface area contributed by atoms with E-state index in [0.29, 0.717) is 17.0 Å². The van der Waals surface area contributed by atoms with Gasteiger partial charge in [-0.3, -0.25) is 0 Å². The highest BCUT2D eigenvalue weighted by Gasteiger charge is 2.14. The highest BCUT2D eigenvalue weighted by molar-refractivity contribution is 9.10. The Morgan fingerprint density at radius 2 is 2.00 bits per heavy atom. The van der Waals surface area contributed by atoms with Gasteiger partial charge in [0.1, 0.15) is 5.82 Å². The van der Waals surface area contributed by atoms with Gasteiger partial charge in [-0.25, -0.2) is 4.39 Å². The monoisotopic (exact) mass is 355 g/mol. The molecule has 4 heteroatoms. The first-order valence-corrected chi connectivity index (χ1v) is 7.55. The summed E-state index contributed by atoms with van der Waals surface area (Å²) in [5.74, 6) is -0.258. The van der Waals surface area contributed by atoms with Crippen molar-refractivity contribution in [1.29, 1.82) is 0 Å². The third-order valence-corrected chi connectivity index (χ3v) is 4.50. The van der Waals surface area contributed by atoms with E-state index in [2.05, 4.69) is 27.3 Å². The minimum absolute atomic E-state index is 0.0671. The van der Waals surface area contributed by atoms with Crippen molar-refractivity contribution < 1.29 is 4.39 Å². The molecule has 20 heavy (non-hydrogen) atoms. The van der Waals surface area contributed by atoms with E-state index in [9.17, 15) is 4.39 Å². The van der Waals surface area contributed by atoms with Gasteiger partial charge in [0.05, 0.1) is 0 Å². The van der Waals surface area contributed by atoms with Crippen LogP contribution in [0, 0.1) is 12.7 Å². The molecule has 2 rings (SSSR count). The topological polar surface area (TPSA) is 12.0 Å². The van der Waals surface area contributed by atoms with Crippen molar-refractivity contribution in [1.82, 2.24) is 5.32 Å². The van der Waals surface area contributed by atoms with Gasteiger partial charge in [-0.05, 0) is 55.3 Å². The van der Waals surface area contributed by atoms with Crippen molar-refractivity contribution in [2.24, 2.45) is 0 Å². The fraction of sp³-hybridized carbons (Fsp3) is 0.250. The van der Waals surface area contributed by atoms with Crippen molar-refractivity contribution in [3.63, 3.8) is 0 Å². The molecule has 2 aromatic carbocycles. The van der Waals surface area contributed by atoms with Crippen molar-refractivity contribution >= 4 is 27.5 Å². The number of benzene rings is 2. The number of likely N-dealkylation sites (N-methyl/N-ethyl adjacent to an activating group) is 1. The molecule has 1 atom stereocenters. The molecule has 1 N–H and O–H groups in total. The van der Waals surface area contributed by atoms with Crippen LogP contribution >= 0.6 is 27.5 Å². The quantitative estimate of drug-likeness (QED) is 0.808. The van der Waals surface area contributed by atoms with Crippen molar-refractivity contribution in [3.05, 3.63) is 68.4 Å². The summed E-state index contributed by atoms with van der Waals surface area (Å²) < 4.78 is 15.0. The molecular weight excluding hydrogens is 341 g/mol. The molecule has 0 spiro atoms. The Kier molecular flexibility index (Phi) is 5.19. The fourth-order valence-electron chi connectivity index (χ4n) is 2.18. The van der Waals surface area contributed by atoms with E-state index in [4.69, 9.17) is 11.6 Å². The Morgan fingerprint density at radius 3 is 2.60 bits per heavy atom. The summed E-state index contributed by atoms with van der Waals surface area (Å²) >= 11 is 9.27. The molecule has 1 unspecified atom stereocenters. The van der Waals surface area contributed by atoms with Gasteiger partial charge in [0.15, 0.2) is 0 Å². The Bertz CT molecular complexity index is 615. The molecule has 0 fully saturated rings. The van der Waals surface area contributed by atoms with E-state index >= 15 is 0 Å². The maximum atomic E-state index is 13.9. The van der Waals surface area contributed by atoms with Crippen LogP contribution in [0.1, 0.15) is 22.7 Å². The van der Waals surface area contributed by atoms with Crippen LogP contribution in [0.25, 0.3) is 0 Å². The lowest BCUT2D eigenvalue weighted by Gasteiger charge is -2.18. The van der Waals surface area contributed by atoms with E-state index in [1.807, 2.05) is 26.1 Å². The van der Waals surface area contributed by atoms with Gasteiger partial charge in [0, 0.05) is 15.5 Å². The van der Waals surface area contributed by atoms with Crippen LogP contribution in [0.5, 0.6) is 0 Å². The normalized spacial score (nSPS) is 12.4. The van der Waals surface area contributed by atoms with Crippen molar-refractivity contribution in [2.45, 2.75) is 19.4 Å². The zero-order chi connectivity index (χ0) is 14.7. The summed E-state index contributed by atoms with van der Waals surface area (Å²) in [6, 6.07) is 11.1. The molecule has 0 amide bonds. The van der Waals surface area contributed by atoms with E-state index in [1.165, 1.54) is 11.6 Å². The van der Waals surface area contributed by atoms with Crippen LogP contribution in [-0.2, 0) is 6.42 Å². The minimum atomic E-state index is -0.258. The first-order valence-electron chi connectivity index (χ1n) is 6.38. The third-order valence-electron chi connectivity index (χ3n) is 3.37. The van der Waals surface area contributed by atoms with Gasteiger partial charge in [0.2, 0.25) is 0 Å². The van der Waals surface area contributed by atoms with Crippen LogP contribution in [0.3, 0.4) is 0 Å². The molecule has 0 aliphatic rings. The number of nitrogens with one attached hydrogen (secondary N) is 1. The van der Waals surface area contributed by atoms with Crippen LogP contribution in [0.2, 0.25) is 5.02 Å². The second kappa shape index (κ2) is 6.70. The number of halogens is 3. The molecule has 1 nitrogen and oxygen atoms in total. The maximum absolute atomic E-state index is 13.9. The van der Waals surface area contributed by atoms with Gasteiger partial charge in [-0.2, -0.15) is 0 Å².